The summed E-state index contributed by atoms with van der Waals surface area (Å²) < 4.78 is 11.3. The van der Waals surface area contributed by atoms with E-state index in [9.17, 15) is 14.4 Å². The van der Waals surface area contributed by atoms with Crippen LogP contribution in [0.15, 0.2) is 66.2 Å². The van der Waals surface area contributed by atoms with Gasteiger partial charge in [0.25, 0.3) is 11.8 Å². The lowest BCUT2D eigenvalue weighted by Gasteiger charge is -2.26. The van der Waals surface area contributed by atoms with Crippen molar-refractivity contribution in [1.29, 1.82) is 0 Å². The molecule has 0 unspecified atom stereocenters. The summed E-state index contributed by atoms with van der Waals surface area (Å²) in [5, 5.41) is 3.13. The van der Waals surface area contributed by atoms with Gasteiger partial charge in [0, 0.05) is 27.2 Å². The number of ether oxygens (including phenoxy) is 2. The summed E-state index contributed by atoms with van der Waals surface area (Å²) in [5.74, 6) is -0.722. The van der Waals surface area contributed by atoms with Crippen LogP contribution in [-0.2, 0) is 16.2 Å². The number of nitrogens with zero attached hydrogens (tertiary/aromatic N) is 1. The summed E-state index contributed by atoms with van der Waals surface area (Å²) in [6.07, 6.45) is 1.37. The molecule has 0 saturated carbocycles. The molecule has 1 saturated heterocycles. The van der Waals surface area contributed by atoms with Gasteiger partial charge >= 0.3 is 6.03 Å². The highest BCUT2D eigenvalue weighted by Gasteiger charge is 2.37. The molecule has 3 aromatic carbocycles. The zero-order valence-corrected chi connectivity index (χ0v) is 20.3. The molecule has 0 aromatic heterocycles. The van der Waals surface area contributed by atoms with E-state index in [1.54, 1.807) is 43.3 Å². The molecule has 0 aliphatic carbocycles. The van der Waals surface area contributed by atoms with Crippen LogP contribution < -0.4 is 19.7 Å². The fraction of sp³-hybridized carbons (Fsp3) is 0.115. The number of nitrogens with one attached hydrogen (secondary N) is 1. The maximum Gasteiger partial charge on any atom is 0.335 e. The molecule has 7 nitrogen and oxygen atoms in total. The number of rotatable bonds is 6. The van der Waals surface area contributed by atoms with E-state index in [2.05, 4.69) is 5.32 Å². The van der Waals surface area contributed by atoms with Crippen molar-refractivity contribution in [2.24, 2.45) is 0 Å². The lowest BCUT2D eigenvalue weighted by Crippen LogP contribution is -2.54. The molecular weight excluding hydrogens is 491 g/mol. The van der Waals surface area contributed by atoms with Crippen molar-refractivity contribution in [3.63, 3.8) is 0 Å². The highest BCUT2D eigenvalue weighted by atomic mass is 35.5. The Balaban J connectivity index is 1.70. The maximum atomic E-state index is 13.3. The van der Waals surface area contributed by atoms with Crippen LogP contribution in [0.2, 0.25) is 10.0 Å². The largest absolute Gasteiger partial charge is 0.497 e. The molecule has 1 aliphatic rings. The van der Waals surface area contributed by atoms with E-state index in [1.807, 2.05) is 18.2 Å². The second-order valence-corrected chi connectivity index (χ2v) is 8.49. The summed E-state index contributed by atoms with van der Waals surface area (Å²) in [6, 6.07) is 16.1. The quantitative estimate of drug-likeness (QED) is 0.346. The number of carbonyl (C=O) groups is 3. The molecule has 35 heavy (non-hydrogen) atoms. The van der Waals surface area contributed by atoms with Gasteiger partial charge in [-0.2, -0.15) is 0 Å². The van der Waals surface area contributed by atoms with Gasteiger partial charge in [-0.25, -0.2) is 9.69 Å². The first-order valence-corrected chi connectivity index (χ1v) is 11.3. The maximum absolute atomic E-state index is 13.3. The van der Waals surface area contributed by atoms with E-state index < -0.39 is 17.8 Å². The lowest BCUT2D eigenvalue weighted by atomic mass is 10.1. The summed E-state index contributed by atoms with van der Waals surface area (Å²) in [6.45, 7) is 1.95. The van der Waals surface area contributed by atoms with E-state index in [1.165, 1.54) is 19.3 Å². The van der Waals surface area contributed by atoms with Gasteiger partial charge in [-0.15, -0.1) is 0 Å². The van der Waals surface area contributed by atoms with Crippen LogP contribution in [0, 0.1) is 6.92 Å². The second kappa shape index (κ2) is 10.2. The number of carbonyl (C=O) groups excluding carboxylic acids is 3. The first-order chi connectivity index (χ1) is 16.8. The number of anilines is 1. The Kier molecular flexibility index (Phi) is 7.10. The molecule has 0 radical (unpaired) electrons. The fourth-order valence-corrected chi connectivity index (χ4v) is 3.79. The fourth-order valence-electron chi connectivity index (χ4n) is 3.43. The summed E-state index contributed by atoms with van der Waals surface area (Å²) in [7, 11) is 1.51. The Morgan fingerprint density at radius 2 is 1.74 bits per heavy atom. The Morgan fingerprint density at radius 1 is 0.971 bits per heavy atom. The molecule has 1 fully saturated rings. The van der Waals surface area contributed by atoms with Crippen molar-refractivity contribution in [1.82, 2.24) is 5.32 Å². The Hall–Kier alpha value is -3.81. The predicted molar refractivity (Wildman–Crippen MR) is 134 cm³/mol. The minimum absolute atomic E-state index is 0.148. The molecule has 178 valence electrons. The molecule has 4 rings (SSSR count). The zero-order chi connectivity index (χ0) is 25.1. The van der Waals surface area contributed by atoms with Gasteiger partial charge in [0.1, 0.15) is 23.7 Å². The van der Waals surface area contributed by atoms with Crippen LogP contribution in [0.4, 0.5) is 10.5 Å². The number of hydrogen-bond donors (Lipinski definition) is 1. The average Bonchev–Trinajstić information content (AvgIpc) is 2.83. The third-order valence-corrected chi connectivity index (χ3v) is 6.15. The number of barbiturate groups is 1. The standard InChI is InChI=1S/C26H20Cl2N2O5/c1-15-7-9-18(12-22(15)28)30-25(32)20(24(31)29-26(30)33)11-16-8-10-19(34-2)13-23(16)35-14-17-5-3-4-6-21(17)27/h3-13H,14H2,1-2H3,(H,29,31,33)/b20-11+. The SMILES string of the molecule is COc1ccc(/C=C2\C(=O)NC(=O)N(c3ccc(C)c(Cl)c3)C2=O)c(OCc2ccccc2Cl)c1. The summed E-state index contributed by atoms with van der Waals surface area (Å²) in [4.78, 5) is 39.2. The third kappa shape index (κ3) is 5.16. The summed E-state index contributed by atoms with van der Waals surface area (Å²) in [5.41, 5.74) is 1.98. The van der Waals surface area contributed by atoms with Crippen molar-refractivity contribution >= 4 is 52.8 Å². The molecule has 9 heteroatoms. The molecule has 3 aromatic rings. The molecule has 1 heterocycles. The van der Waals surface area contributed by atoms with E-state index >= 15 is 0 Å². The number of imide groups is 2. The average molecular weight is 511 g/mol. The first-order valence-electron chi connectivity index (χ1n) is 10.5. The molecule has 4 amide bonds. The highest BCUT2D eigenvalue weighted by Crippen LogP contribution is 2.31. The van der Waals surface area contributed by atoms with E-state index in [0.29, 0.717) is 27.1 Å². The number of amides is 4. The van der Waals surface area contributed by atoms with Gasteiger partial charge in [0.05, 0.1) is 12.8 Å². The van der Waals surface area contributed by atoms with Crippen molar-refractivity contribution in [2.45, 2.75) is 13.5 Å². The molecule has 0 spiro atoms. The van der Waals surface area contributed by atoms with Crippen LogP contribution in [0.25, 0.3) is 6.08 Å². The van der Waals surface area contributed by atoms with Crippen molar-refractivity contribution in [2.75, 3.05) is 12.0 Å². The normalized spacial score (nSPS) is 14.8. The smallest absolute Gasteiger partial charge is 0.335 e. The van der Waals surface area contributed by atoms with Gasteiger partial charge in [0.2, 0.25) is 0 Å². The monoisotopic (exact) mass is 510 g/mol. The first kappa shape index (κ1) is 24.3. The highest BCUT2D eigenvalue weighted by molar-refractivity contribution is 6.39. The van der Waals surface area contributed by atoms with Crippen molar-refractivity contribution in [3.8, 4) is 11.5 Å². The van der Waals surface area contributed by atoms with Gasteiger partial charge in [-0.05, 0) is 48.9 Å². The number of urea groups is 1. The Labute approximate surface area is 211 Å². The molecule has 1 aliphatic heterocycles. The molecule has 1 N–H and O–H groups in total. The van der Waals surface area contributed by atoms with Gasteiger partial charge < -0.3 is 9.47 Å². The number of methoxy groups -OCH3 is 1. The second-order valence-electron chi connectivity index (χ2n) is 7.68. The number of benzene rings is 3. The van der Waals surface area contributed by atoms with Gasteiger partial charge in [-0.1, -0.05) is 47.5 Å². The van der Waals surface area contributed by atoms with Gasteiger partial charge in [-0.3, -0.25) is 14.9 Å². The van der Waals surface area contributed by atoms with Crippen LogP contribution in [0.3, 0.4) is 0 Å². The van der Waals surface area contributed by atoms with E-state index in [-0.39, 0.29) is 17.9 Å². The summed E-state index contributed by atoms with van der Waals surface area (Å²) >= 11 is 12.4. The Bertz CT molecular complexity index is 1370. The minimum Gasteiger partial charge on any atom is -0.497 e. The van der Waals surface area contributed by atoms with Gasteiger partial charge in [0.15, 0.2) is 0 Å². The topological polar surface area (TPSA) is 84.9 Å². The molecular formula is C26H20Cl2N2O5. The van der Waals surface area contributed by atoms with Crippen LogP contribution >= 0.6 is 23.2 Å². The van der Waals surface area contributed by atoms with E-state index in [0.717, 1.165) is 16.0 Å². The lowest BCUT2D eigenvalue weighted by molar-refractivity contribution is -0.122. The minimum atomic E-state index is -0.859. The number of halogens is 2. The van der Waals surface area contributed by atoms with Crippen LogP contribution in [0.5, 0.6) is 11.5 Å². The number of aryl methyl sites for hydroxylation is 1. The third-order valence-electron chi connectivity index (χ3n) is 5.38. The van der Waals surface area contributed by atoms with Crippen LogP contribution in [0.1, 0.15) is 16.7 Å². The molecule has 0 atom stereocenters. The Morgan fingerprint density at radius 3 is 2.46 bits per heavy atom. The number of hydrogen-bond acceptors (Lipinski definition) is 5. The van der Waals surface area contributed by atoms with E-state index in [4.69, 9.17) is 32.7 Å². The van der Waals surface area contributed by atoms with Crippen LogP contribution in [-0.4, -0.2) is 25.0 Å². The zero-order valence-electron chi connectivity index (χ0n) is 18.8. The van der Waals surface area contributed by atoms with Crippen molar-refractivity contribution in [3.05, 3.63) is 93.0 Å². The molecule has 0 bridgehead atoms. The van der Waals surface area contributed by atoms with Crippen molar-refractivity contribution < 1.29 is 23.9 Å². The predicted octanol–water partition coefficient (Wildman–Crippen LogP) is 5.56.